The van der Waals surface area contributed by atoms with Gasteiger partial charge in [-0.15, -0.1) is 0 Å². The van der Waals surface area contributed by atoms with Crippen LogP contribution in [0.2, 0.25) is 0 Å². The van der Waals surface area contributed by atoms with Gasteiger partial charge in [-0.1, -0.05) is 166 Å². The molecule has 0 amide bonds. The maximum absolute atomic E-state index is 6.85. The van der Waals surface area contributed by atoms with E-state index in [2.05, 4.69) is 190 Å². The highest BCUT2D eigenvalue weighted by Crippen LogP contribution is 2.63. The molecule has 0 saturated heterocycles. The molecule has 0 unspecified atom stereocenters. The van der Waals surface area contributed by atoms with Crippen LogP contribution in [0, 0.1) is 0 Å². The second kappa shape index (κ2) is 11.0. The number of fused-ring (bicyclic) bond motifs is 13. The maximum atomic E-state index is 6.85. The van der Waals surface area contributed by atoms with Crippen LogP contribution in [-0.4, -0.2) is 4.98 Å². The van der Waals surface area contributed by atoms with E-state index >= 15 is 0 Å². The molecule has 7 aromatic carbocycles. The lowest BCUT2D eigenvalue weighted by atomic mass is 9.55. The minimum Gasteiger partial charge on any atom is -0.456 e. The van der Waals surface area contributed by atoms with Crippen LogP contribution in [0.25, 0.3) is 66.7 Å². The summed E-state index contributed by atoms with van der Waals surface area (Å²) in [5.41, 5.74) is 17.9. The number of benzene rings is 7. The average molecular weight is 678 g/mol. The molecule has 2 nitrogen and oxygen atoms in total. The molecule has 0 bridgehead atoms. The van der Waals surface area contributed by atoms with E-state index in [4.69, 9.17) is 9.40 Å². The lowest BCUT2D eigenvalue weighted by Crippen LogP contribution is -2.40. The van der Waals surface area contributed by atoms with Crippen molar-refractivity contribution in [1.29, 1.82) is 0 Å². The maximum Gasteiger partial charge on any atom is 0.136 e. The number of furan rings is 1. The minimum atomic E-state index is -0.479. The fourth-order valence-electron chi connectivity index (χ4n) is 9.76. The summed E-state index contributed by atoms with van der Waals surface area (Å²) >= 11 is 0. The van der Waals surface area contributed by atoms with Gasteiger partial charge in [-0.3, -0.25) is 0 Å². The zero-order chi connectivity index (χ0) is 35.3. The Bertz CT molecular complexity index is 2810. The third kappa shape index (κ3) is 4.06. The third-order valence-electron chi connectivity index (χ3n) is 11.9. The van der Waals surface area contributed by atoms with Gasteiger partial charge in [0.1, 0.15) is 11.2 Å². The smallest absolute Gasteiger partial charge is 0.136 e. The Morgan fingerprint density at radius 3 is 1.64 bits per heavy atom. The second-order valence-electron chi connectivity index (χ2n) is 15.0. The fraction of sp³-hybridized carbons (Fsp3) is 0.0784. The molecule has 0 N–H and O–H groups in total. The predicted octanol–water partition coefficient (Wildman–Crippen LogP) is 13.0. The average Bonchev–Trinajstić information content (AvgIpc) is 3.75. The molecule has 9 aromatic rings. The van der Waals surface area contributed by atoms with Crippen LogP contribution < -0.4 is 0 Å². The molecule has 0 saturated carbocycles. The molecule has 0 aliphatic heterocycles. The minimum absolute atomic E-state index is 0.332. The van der Waals surface area contributed by atoms with Crippen LogP contribution in [0.5, 0.6) is 0 Å². The Morgan fingerprint density at radius 2 is 0.943 bits per heavy atom. The molecule has 0 fully saturated rings. The van der Waals surface area contributed by atoms with Gasteiger partial charge in [0.25, 0.3) is 0 Å². The van der Waals surface area contributed by atoms with Gasteiger partial charge in [-0.25, -0.2) is 4.98 Å². The van der Waals surface area contributed by atoms with E-state index in [-0.39, 0.29) is 5.41 Å². The monoisotopic (exact) mass is 677 g/mol. The summed E-state index contributed by atoms with van der Waals surface area (Å²) in [5.74, 6) is 0. The zero-order valence-corrected chi connectivity index (χ0v) is 29.6. The van der Waals surface area contributed by atoms with Gasteiger partial charge in [0.05, 0.1) is 16.8 Å². The van der Waals surface area contributed by atoms with E-state index in [1.807, 2.05) is 0 Å². The van der Waals surface area contributed by atoms with Gasteiger partial charge in [-0.05, 0) is 79.9 Å². The van der Waals surface area contributed by atoms with Crippen LogP contribution in [-0.2, 0) is 10.8 Å². The second-order valence-corrected chi connectivity index (χ2v) is 15.0. The molecule has 2 heterocycles. The van der Waals surface area contributed by atoms with Crippen molar-refractivity contribution in [3.8, 4) is 44.8 Å². The van der Waals surface area contributed by atoms with E-state index in [0.29, 0.717) is 0 Å². The summed E-state index contributed by atoms with van der Waals surface area (Å²) in [6.45, 7) is 4.79. The first kappa shape index (κ1) is 30.1. The Balaban J connectivity index is 1.27. The van der Waals surface area contributed by atoms with Crippen LogP contribution >= 0.6 is 0 Å². The van der Waals surface area contributed by atoms with Gasteiger partial charge in [0.15, 0.2) is 0 Å². The Labute approximate surface area is 309 Å². The largest absolute Gasteiger partial charge is 0.456 e. The Morgan fingerprint density at radius 1 is 0.396 bits per heavy atom. The molecule has 2 aliphatic carbocycles. The molecule has 2 aromatic heterocycles. The van der Waals surface area contributed by atoms with E-state index in [1.165, 1.54) is 49.9 Å². The van der Waals surface area contributed by atoms with Gasteiger partial charge in [0.2, 0.25) is 0 Å². The molecule has 1 spiro atoms. The highest BCUT2D eigenvalue weighted by atomic mass is 16.3. The Hall–Kier alpha value is -6.51. The molecule has 2 aliphatic rings. The van der Waals surface area contributed by atoms with Crippen molar-refractivity contribution < 1.29 is 4.42 Å². The highest BCUT2D eigenvalue weighted by molar-refractivity contribution is 6.15. The summed E-state index contributed by atoms with van der Waals surface area (Å²) in [4.78, 5) is 5.41. The number of hydrogen-bond donors (Lipinski definition) is 0. The van der Waals surface area contributed by atoms with Crippen molar-refractivity contribution in [2.24, 2.45) is 0 Å². The van der Waals surface area contributed by atoms with Crippen molar-refractivity contribution >= 4 is 21.9 Å². The van der Waals surface area contributed by atoms with Crippen LogP contribution in [0.15, 0.2) is 180 Å². The highest BCUT2D eigenvalue weighted by Gasteiger charge is 2.54. The summed E-state index contributed by atoms with van der Waals surface area (Å²) in [5, 5.41) is 2.28. The van der Waals surface area contributed by atoms with Gasteiger partial charge in [-0.2, -0.15) is 0 Å². The summed E-state index contributed by atoms with van der Waals surface area (Å²) < 4.78 is 6.85. The SMILES string of the molecule is CC1(C)c2ccccc2C2(c3ccccc3-c3ccccc32)c2ccc3oc4cccc(-c5cc(-c6ccccc6)cc(-c6ccccc6)n5)c4c3c21. The first-order valence-electron chi connectivity index (χ1n) is 18.5. The molecule has 250 valence electrons. The quantitative estimate of drug-likeness (QED) is 0.186. The van der Waals surface area contributed by atoms with E-state index in [1.54, 1.807) is 0 Å². The lowest BCUT2D eigenvalue weighted by Gasteiger charge is -2.47. The molecule has 53 heavy (non-hydrogen) atoms. The molecule has 0 atom stereocenters. The number of hydrogen-bond acceptors (Lipinski definition) is 2. The van der Waals surface area contributed by atoms with Crippen LogP contribution in [0.4, 0.5) is 0 Å². The molecule has 0 radical (unpaired) electrons. The van der Waals surface area contributed by atoms with Crippen molar-refractivity contribution in [2.75, 3.05) is 0 Å². The van der Waals surface area contributed by atoms with E-state index in [9.17, 15) is 0 Å². The van der Waals surface area contributed by atoms with Crippen molar-refractivity contribution in [1.82, 2.24) is 4.98 Å². The van der Waals surface area contributed by atoms with Crippen molar-refractivity contribution in [2.45, 2.75) is 24.7 Å². The van der Waals surface area contributed by atoms with Crippen LogP contribution in [0.1, 0.15) is 47.2 Å². The summed E-state index contributed by atoms with van der Waals surface area (Å²) in [6.07, 6.45) is 0. The van der Waals surface area contributed by atoms with Gasteiger partial charge < -0.3 is 4.42 Å². The fourth-order valence-corrected chi connectivity index (χ4v) is 9.76. The summed E-state index contributed by atoms with van der Waals surface area (Å²) in [6, 6.07) is 63.8. The van der Waals surface area contributed by atoms with Crippen molar-refractivity contribution in [3.63, 3.8) is 0 Å². The predicted molar refractivity (Wildman–Crippen MR) is 217 cm³/mol. The van der Waals surface area contributed by atoms with E-state index in [0.717, 1.165) is 50.2 Å². The molecule has 11 rings (SSSR count). The molecule has 2 heteroatoms. The third-order valence-corrected chi connectivity index (χ3v) is 11.9. The standard InChI is InChI=1S/C51H35NO/c1-50(2)40-25-13-14-26-41(40)51(38-23-11-9-20-35(38)36-21-10-12-24-39(36)51)42-28-29-46-48(49(42)50)47-37(22-15-27-45(47)53-46)44-31-34(32-16-5-3-6-17-32)30-43(52-44)33-18-7-4-8-19-33/h3-31H,1-2H3. The van der Waals surface area contributed by atoms with Gasteiger partial charge >= 0.3 is 0 Å². The molecular formula is C51H35NO. The van der Waals surface area contributed by atoms with Crippen LogP contribution in [0.3, 0.4) is 0 Å². The van der Waals surface area contributed by atoms with Crippen molar-refractivity contribution in [3.05, 3.63) is 209 Å². The first-order valence-corrected chi connectivity index (χ1v) is 18.5. The zero-order valence-electron chi connectivity index (χ0n) is 29.6. The number of aromatic nitrogens is 1. The van der Waals surface area contributed by atoms with Gasteiger partial charge in [0, 0.05) is 27.3 Å². The van der Waals surface area contributed by atoms with E-state index < -0.39 is 5.41 Å². The summed E-state index contributed by atoms with van der Waals surface area (Å²) in [7, 11) is 0. The topological polar surface area (TPSA) is 26.0 Å². The number of rotatable bonds is 3. The normalized spacial score (nSPS) is 14.5. The lowest BCUT2D eigenvalue weighted by molar-refractivity contribution is 0.567. The number of nitrogens with zero attached hydrogens (tertiary/aromatic N) is 1. The Kier molecular flexibility index (Phi) is 6.25. The number of pyridine rings is 1. The first-order chi connectivity index (χ1) is 26.0. The molecular weight excluding hydrogens is 643 g/mol.